The first-order valence-corrected chi connectivity index (χ1v) is 5.97. The second kappa shape index (κ2) is 5.14. The predicted molar refractivity (Wildman–Crippen MR) is 62.9 cm³/mol. The van der Waals surface area contributed by atoms with E-state index in [9.17, 15) is 10.1 Å². The second-order valence-corrected chi connectivity index (χ2v) is 4.23. The highest BCUT2D eigenvalue weighted by atomic mass is 32.2. The normalized spacial score (nSPS) is 12.5. The maximum Gasteiger partial charge on any atom is 0.269 e. The molecule has 1 aromatic rings. The van der Waals surface area contributed by atoms with Gasteiger partial charge in [-0.1, -0.05) is 6.07 Å². The van der Waals surface area contributed by atoms with Crippen LogP contribution in [-0.2, 0) is 5.75 Å². The Morgan fingerprint density at radius 2 is 2.27 bits per heavy atom. The summed E-state index contributed by atoms with van der Waals surface area (Å²) in [7, 11) is 0. The highest BCUT2D eigenvalue weighted by Gasteiger charge is 2.12. The van der Waals surface area contributed by atoms with E-state index in [2.05, 4.69) is 0 Å². The van der Waals surface area contributed by atoms with Crippen molar-refractivity contribution >= 4 is 17.4 Å². The summed E-state index contributed by atoms with van der Waals surface area (Å²) in [6, 6.07) is 4.76. The van der Waals surface area contributed by atoms with Gasteiger partial charge in [0.15, 0.2) is 0 Å². The average Bonchev–Trinajstić information content (AvgIpc) is 2.17. The lowest BCUT2D eigenvalue weighted by molar-refractivity contribution is -0.384. The highest BCUT2D eigenvalue weighted by molar-refractivity contribution is 7.97. The summed E-state index contributed by atoms with van der Waals surface area (Å²) in [6.07, 6.45) is 1.96. The number of thioether (sulfide) groups is 1. The minimum Gasteiger partial charge on any atom is -0.324 e. The van der Waals surface area contributed by atoms with Crippen LogP contribution in [0.3, 0.4) is 0 Å². The van der Waals surface area contributed by atoms with E-state index in [0.29, 0.717) is 0 Å². The number of nitro groups is 1. The number of nitro benzene ring substituents is 1. The molecule has 0 amide bonds. The van der Waals surface area contributed by atoms with E-state index in [4.69, 9.17) is 5.73 Å². The van der Waals surface area contributed by atoms with Gasteiger partial charge in [-0.2, -0.15) is 11.8 Å². The van der Waals surface area contributed by atoms with E-state index in [0.717, 1.165) is 16.9 Å². The van der Waals surface area contributed by atoms with Crippen molar-refractivity contribution < 1.29 is 4.92 Å². The van der Waals surface area contributed by atoms with Crippen molar-refractivity contribution in [2.45, 2.75) is 18.7 Å². The molecule has 82 valence electrons. The zero-order valence-corrected chi connectivity index (χ0v) is 9.58. The Morgan fingerprint density at radius 1 is 1.60 bits per heavy atom. The Morgan fingerprint density at radius 3 is 2.73 bits per heavy atom. The van der Waals surface area contributed by atoms with Gasteiger partial charge in [-0.3, -0.25) is 10.1 Å². The van der Waals surface area contributed by atoms with E-state index >= 15 is 0 Å². The molecule has 0 saturated heterocycles. The van der Waals surface area contributed by atoms with Crippen LogP contribution >= 0.6 is 11.8 Å². The topological polar surface area (TPSA) is 69.2 Å². The molecule has 15 heavy (non-hydrogen) atoms. The monoisotopic (exact) mass is 226 g/mol. The lowest BCUT2D eigenvalue weighted by atomic mass is 10.0. The van der Waals surface area contributed by atoms with Crippen LogP contribution in [0.2, 0.25) is 0 Å². The summed E-state index contributed by atoms with van der Waals surface area (Å²) >= 11 is 1.63. The van der Waals surface area contributed by atoms with Crippen LogP contribution < -0.4 is 5.73 Å². The van der Waals surface area contributed by atoms with Gasteiger partial charge >= 0.3 is 0 Å². The number of benzene rings is 1. The fourth-order valence-electron chi connectivity index (χ4n) is 1.43. The molecule has 0 bridgehead atoms. The summed E-state index contributed by atoms with van der Waals surface area (Å²) in [5, 5.41) is 10.6. The molecule has 0 fully saturated rings. The molecule has 0 aliphatic rings. The maximum absolute atomic E-state index is 10.6. The first kappa shape index (κ1) is 12.0. The highest BCUT2D eigenvalue weighted by Crippen LogP contribution is 2.24. The van der Waals surface area contributed by atoms with Gasteiger partial charge in [0.1, 0.15) is 0 Å². The number of hydrogen-bond acceptors (Lipinski definition) is 4. The standard InChI is InChI=1S/C10H14N2O2S/c1-7(11)10-4-3-9(12(13)14)5-8(10)6-15-2/h3-5,7H,6,11H2,1-2H3. The van der Waals surface area contributed by atoms with E-state index in [1.807, 2.05) is 13.2 Å². The Bertz CT molecular complexity index is 366. The smallest absolute Gasteiger partial charge is 0.269 e. The van der Waals surface area contributed by atoms with Crippen molar-refractivity contribution in [1.29, 1.82) is 0 Å². The number of rotatable bonds is 4. The van der Waals surface area contributed by atoms with Crippen LogP contribution in [0.5, 0.6) is 0 Å². The molecular formula is C10H14N2O2S. The third-order valence-corrected chi connectivity index (χ3v) is 2.73. The maximum atomic E-state index is 10.6. The van der Waals surface area contributed by atoms with Gasteiger partial charge in [-0.05, 0) is 24.3 Å². The number of non-ortho nitro benzene ring substituents is 1. The third-order valence-electron chi connectivity index (χ3n) is 2.13. The van der Waals surface area contributed by atoms with Crippen molar-refractivity contribution in [1.82, 2.24) is 0 Å². The Hall–Kier alpha value is -1.07. The van der Waals surface area contributed by atoms with Crippen molar-refractivity contribution in [2.24, 2.45) is 5.73 Å². The summed E-state index contributed by atoms with van der Waals surface area (Å²) in [5.41, 5.74) is 7.85. The zero-order valence-electron chi connectivity index (χ0n) is 8.77. The lowest BCUT2D eigenvalue weighted by Crippen LogP contribution is -2.08. The largest absolute Gasteiger partial charge is 0.324 e. The summed E-state index contributed by atoms with van der Waals surface area (Å²) in [4.78, 5) is 10.2. The van der Waals surface area contributed by atoms with Gasteiger partial charge in [0.25, 0.3) is 5.69 Å². The summed E-state index contributed by atoms with van der Waals surface area (Å²) < 4.78 is 0. The lowest BCUT2D eigenvalue weighted by Gasteiger charge is -2.11. The molecule has 1 aromatic carbocycles. The van der Waals surface area contributed by atoms with Crippen molar-refractivity contribution in [3.8, 4) is 0 Å². The molecule has 1 rings (SSSR count). The molecule has 2 N–H and O–H groups in total. The van der Waals surface area contributed by atoms with Crippen LogP contribution in [0, 0.1) is 10.1 Å². The van der Waals surface area contributed by atoms with Gasteiger partial charge in [-0.15, -0.1) is 0 Å². The molecule has 1 atom stereocenters. The van der Waals surface area contributed by atoms with Gasteiger partial charge in [0.05, 0.1) is 4.92 Å². The van der Waals surface area contributed by atoms with Crippen molar-refractivity contribution in [3.05, 3.63) is 39.4 Å². The molecular weight excluding hydrogens is 212 g/mol. The SMILES string of the molecule is CSCc1cc([N+](=O)[O-])ccc1C(C)N. The molecule has 0 aromatic heterocycles. The van der Waals surface area contributed by atoms with Gasteiger partial charge in [0, 0.05) is 23.9 Å². The van der Waals surface area contributed by atoms with Crippen LogP contribution in [0.1, 0.15) is 24.1 Å². The van der Waals surface area contributed by atoms with Gasteiger partial charge < -0.3 is 5.73 Å². The van der Waals surface area contributed by atoms with Crippen LogP contribution in [0.4, 0.5) is 5.69 Å². The predicted octanol–water partition coefficient (Wildman–Crippen LogP) is 2.48. The van der Waals surface area contributed by atoms with Gasteiger partial charge in [-0.25, -0.2) is 0 Å². The third kappa shape index (κ3) is 2.94. The van der Waals surface area contributed by atoms with Crippen molar-refractivity contribution in [2.75, 3.05) is 6.26 Å². The number of nitrogens with zero attached hydrogens (tertiary/aromatic N) is 1. The summed E-state index contributed by atoms with van der Waals surface area (Å²) in [5.74, 6) is 0.749. The molecule has 0 aliphatic carbocycles. The quantitative estimate of drug-likeness (QED) is 0.632. The fourth-order valence-corrected chi connectivity index (χ4v) is 1.99. The summed E-state index contributed by atoms with van der Waals surface area (Å²) in [6.45, 7) is 1.88. The van der Waals surface area contributed by atoms with E-state index in [-0.39, 0.29) is 16.7 Å². The van der Waals surface area contributed by atoms with Crippen LogP contribution in [0.15, 0.2) is 18.2 Å². The first-order chi connectivity index (χ1) is 7.06. The first-order valence-electron chi connectivity index (χ1n) is 4.58. The van der Waals surface area contributed by atoms with E-state index < -0.39 is 0 Å². The van der Waals surface area contributed by atoms with E-state index in [1.54, 1.807) is 23.9 Å². The molecule has 0 saturated carbocycles. The molecule has 0 heterocycles. The Labute approximate surface area is 93.0 Å². The molecule has 5 heteroatoms. The Balaban J connectivity index is 3.14. The van der Waals surface area contributed by atoms with Crippen LogP contribution in [0.25, 0.3) is 0 Å². The van der Waals surface area contributed by atoms with Gasteiger partial charge in [0.2, 0.25) is 0 Å². The zero-order chi connectivity index (χ0) is 11.4. The Kier molecular flexibility index (Phi) is 4.11. The van der Waals surface area contributed by atoms with Crippen molar-refractivity contribution in [3.63, 3.8) is 0 Å². The second-order valence-electron chi connectivity index (χ2n) is 3.36. The molecule has 4 nitrogen and oxygen atoms in total. The minimum atomic E-state index is -0.380. The van der Waals surface area contributed by atoms with E-state index in [1.165, 1.54) is 6.07 Å². The van der Waals surface area contributed by atoms with Crippen LogP contribution in [-0.4, -0.2) is 11.2 Å². The average molecular weight is 226 g/mol. The number of hydrogen-bond donors (Lipinski definition) is 1. The fraction of sp³-hybridized carbons (Fsp3) is 0.400. The number of nitrogens with two attached hydrogens (primary N) is 1. The molecule has 0 aliphatic heterocycles. The molecule has 1 unspecified atom stereocenters. The minimum absolute atomic E-state index is 0.0899. The molecule has 0 radical (unpaired) electrons. The molecule has 0 spiro atoms.